The minimum absolute atomic E-state index is 0.0255. The number of hydrogen-bond acceptors (Lipinski definition) is 8. The number of fused-ring (bicyclic) bond motifs is 1. The maximum Gasteiger partial charge on any atom is 0.223 e. The van der Waals surface area contributed by atoms with Crippen molar-refractivity contribution < 1.29 is 19.0 Å². The van der Waals surface area contributed by atoms with Crippen LogP contribution >= 0.6 is 11.6 Å². The van der Waals surface area contributed by atoms with Gasteiger partial charge in [0, 0.05) is 18.2 Å². The fraction of sp³-hybridized carbons (Fsp3) is 0.524. The second kappa shape index (κ2) is 8.64. The fourth-order valence-electron chi connectivity index (χ4n) is 4.17. The summed E-state index contributed by atoms with van der Waals surface area (Å²) in [7, 11) is 0. The lowest BCUT2D eigenvalue weighted by Gasteiger charge is -2.41. The molecule has 0 amide bonds. The Morgan fingerprint density at radius 1 is 1.39 bits per heavy atom. The van der Waals surface area contributed by atoms with Gasteiger partial charge in [0.25, 0.3) is 0 Å². The van der Waals surface area contributed by atoms with E-state index in [0.29, 0.717) is 42.3 Å². The lowest BCUT2D eigenvalue weighted by molar-refractivity contribution is -0.0136. The molecule has 8 nitrogen and oxygen atoms in total. The van der Waals surface area contributed by atoms with E-state index >= 15 is 0 Å². The number of aliphatic hydroxyl groups is 1. The standard InChI is InChI=1S/C21H27ClFN5O3/c1-10(2)28-11(3)8-31-20-12(6-14(23)17(24)19(20)28)18-13(22)7-25-21(27-18)26-15-4-5-30-9-16(15)29/h6-7,10-11,15-16,29H,4-5,8-9,24H2,1-3H3,(H,25,26,27)/t11-,15-,16-/m1/s1. The predicted molar refractivity (Wildman–Crippen MR) is 118 cm³/mol. The van der Waals surface area contributed by atoms with Crippen molar-refractivity contribution >= 4 is 28.9 Å². The van der Waals surface area contributed by atoms with Crippen LogP contribution in [0.1, 0.15) is 27.2 Å². The largest absolute Gasteiger partial charge is 0.488 e. The van der Waals surface area contributed by atoms with E-state index in [4.69, 9.17) is 26.8 Å². The second-order valence-corrected chi connectivity index (χ2v) is 8.64. The van der Waals surface area contributed by atoms with E-state index in [1.807, 2.05) is 25.7 Å². The first kappa shape index (κ1) is 21.9. The summed E-state index contributed by atoms with van der Waals surface area (Å²) in [5.74, 6) is 0.158. The maximum absolute atomic E-state index is 14.9. The Morgan fingerprint density at radius 3 is 2.87 bits per heavy atom. The molecule has 3 atom stereocenters. The van der Waals surface area contributed by atoms with Gasteiger partial charge >= 0.3 is 0 Å². The molecule has 1 fully saturated rings. The van der Waals surface area contributed by atoms with Crippen molar-refractivity contribution in [1.29, 1.82) is 0 Å². The Balaban J connectivity index is 1.79. The lowest BCUT2D eigenvalue weighted by atomic mass is 10.0. The highest BCUT2D eigenvalue weighted by Gasteiger charge is 2.33. The summed E-state index contributed by atoms with van der Waals surface area (Å²) in [5, 5.41) is 13.5. The molecule has 168 valence electrons. The quantitative estimate of drug-likeness (QED) is 0.609. The molecule has 3 heterocycles. The Bertz CT molecular complexity index is 977. The van der Waals surface area contributed by atoms with Gasteiger partial charge in [-0.3, -0.25) is 0 Å². The molecule has 2 aliphatic rings. The number of benzene rings is 1. The third-order valence-electron chi connectivity index (χ3n) is 5.64. The van der Waals surface area contributed by atoms with E-state index in [9.17, 15) is 9.50 Å². The number of nitrogens with zero attached hydrogens (tertiary/aromatic N) is 3. The molecule has 2 aromatic rings. The smallest absolute Gasteiger partial charge is 0.223 e. The van der Waals surface area contributed by atoms with Crippen molar-refractivity contribution in [3.8, 4) is 17.0 Å². The number of nitrogens with one attached hydrogen (secondary N) is 1. The molecule has 31 heavy (non-hydrogen) atoms. The SMILES string of the molecule is CC(C)N1c2c(N)c(F)cc(-c3nc(N[C@@H]4CCOC[C@H]4O)ncc3Cl)c2OC[C@H]1C. The zero-order chi connectivity index (χ0) is 22.3. The van der Waals surface area contributed by atoms with E-state index in [-0.39, 0.29) is 41.4 Å². The Kier molecular flexibility index (Phi) is 6.09. The zero-order valence-electron chi connectivity index (χ0n) is 17.7. The summed E-state index contributed by atoms with van der Waals surface area (Å²) < 4.78 is 26.2. The molecule has 0 spiro atoms. The molecular formula is C21H27ClFN5O3. The molecule has 4 rings (SSSR count). The third kappa shape index (κ3) is 4.09. The first-order valence-electron chi connectivity index (χ1n) is 10.4. The highest BCUT2D eigenvalue weighted by Crippen LogP contribution is 2.48. The molecule has 0 bridgehead atoms. The number of hydrogen-bond donors (Lipinski definition) is 3. The van der Waals surface area contributed by atoms with Gasteiger partial charge in [-0.15, -0.1) is 0 Å². The average molecular weight is 452 g/mol. The van der Waals surface area contributed by atoms with Crippen LogP contribution < -0.4 is 20.7 Å². The number of nitrogen functional groups attached to an aromatic ring is 1. The van der Waals surface area contributed by atoms with Crippen LogP contribution in [-0.4, -0.2) is 59.1 Å². The summed E-state index contributed by atoms with van der Waals surface area (Å²) in [6.07, 6.45) is 1.38. The highest BCUT2D eigenvalue weighted by molar-refractivity contribution is 6.33. The Hall–Kier alpha value is -2.36. The van der Waals surface area contributed by atoms with Crippen molar-refractivity contribution in [2.24, 2.45) is 0 Å². The summed E-state index contributed by atoms with van der Waals surface area (Å²) in [5.41, 5.74) is 7.41. The second-order valence-electron chi connectivity index (χ2n) is 8.23. The minimum Gasteiger partial charge on any atom is -0.488 e. The van der Waals surface area contributed by atoms with Crippen LogP contribution in [-0.2, 0) is 4.74 Å². The molecule has 4 N–H and O–H groups in total. The fourth-order valence-corrected chi connectivity index (χ4v) is 4.36. The number of halogens is 2. The molecule has 1 saturated heterocycles. The van der Waals surface area contributed by atoms with Crippen LogP contribution in [0.4, 0.5) is 21.7 Å². The highest BCUT2D eigenvalue weighted by atomic mass is 35.5. The number of aromatic nitrogens is 2. The first-order chi connectivity index (χ1) is 14.8. The maximum atomic E-state index is 14.9. The molecule has 1 aromatic heterocycles. The number of rotatable bonds is 4. The zero-order valence-corrected chi connectivity index (χ0v) is 18.5. The van der Waals surface area contributed by atoms with Crippen LogP contribution in [0.25, 0.3) is 11.3 Å². The van der Waals surface area contributed by atoms with Gasteiger partial charge in [-0.05, 0) is 33.3 Å². The van der Waals surface area contributed by atoms with Crippen LogP contribution in [0.3, 0.4) is 0 Å². The van der Waals surface area contributed by atoms with Crippen molar-refractivity contribution in [3.05, 3.63) is 23.1 Å². The minimum atomic E-state index is -0.678. The normalized spacial score (nSPS) is 23.5. The van der Waals surface area contributed by atoms with Crippen molar-refractivity contribution in [3.63, 3.8) is 0 Å². The van der Waals surface area contributed by atoms with E-state index in [1.54, 1.807) is 0 Å². The number of anilines is 3. The molecule has 0 radical (unpaired) electrons. The van der Waals surface area contributed by atoms with E-state index < -0.39 is 11.9 Å². The van der Waals surface area contributed by atoms with Crippen LogP contribution in [0, 0.1) is 5.82 Å². The summed E-state index contributed by atoms with van der Waals surface area (Å²) in [6.45, 7) is 7.24. The van der Waals surface area contributed by atoms with Crippen LogP contribution in [0.15, 0.2) is 12.3 Å². The molecule has 0 saturated carbocycles. The number of aliphatic hydroxyl groups excluding tert-OH is 1. The Labute approximate surface area is 185 Å². The van der Waals surface area contributed by atoms with Gasteiger partial charge in [-0.25, -0.2) is 14.4 Å². The van der Waals surface area contributed by atoms with Gasteiger partial charge in [-0.1, -0.05) is 11.6 Å². The van der Waals surface area contributed by atoms with E-state index in [2.05, 4.69) is 15.3 Å². The Morgan fingerprint density at radius 2 is 2.16 bits per heavy atom. The molecule has 0 unspecified atom stereocenters. The number of nitrogens with two attached hydrogens (primary N) is 1. The summed E-state index contributed by atoms with van der Waals surface area (Å²) in [6, 6.07) is 1.15. The number of ether oxygens (including phenoxy) is 2. The van der Waals surface area contributed by atoms with Crippen molar-refractivity contribution in [1.82, 2.24) is 9.97 Å². The van der Waals surface area contributed by atoms with Crippen molar-refractivity contribution in [2.45, 2.75) is 51.4 Å². The summed E-state index contributed by atoms with van der Waals surface area (Å²) in [4.78, 5) is 10.8. The predicted octanol–water partition coefficient (Wildman–Crippen LogP) is 3.08. The van der Waals surface area contributed by atoms with Gasteiger partial charge < -0.3 is 30.5 Å². The van der Waals surface area contributed by atoms with Gasteiger partial charge in [-0.2, -0.15) is 0 Å². The molecule has 10 heteroatoms. The van der Waals surface area contributed by atoms with Crippen LogP contribution in [0.5, 0.6) is 5.75 Å². The van der Waals surface area contributed by atoms with E-state index in [0.717, 1.165) is 0 Å². The molecule has 1 aromatic carbocycles. The van der Waals surface area contributed by atoms with E-state index in [1.165, 1.54) is 12.3 Å². The lowest BCUT2D eigenvalue weighted by Crippen LogP contribution is -2.45. The molecule has 2 aliphatic heterocycles. The monoisotopic (exact) mass is 451 g/mol. The third-order valence-corrected chi connectivity index (χ3v) is 5.92. The van der Waals surface area contributed by atoms with Crippen LogP contribution in [0.2, 0.25) is 5.02 Å². The molecular weight excluding hydrogens is 425 g/mol. The molecule has 0 aliphatic carbocycles. The topological polar surface area (TPSA) is 106 Å². The average Bonchev–Trinajstić information content (AvgIpc) is 2.73. The van der Waals surface area contributed by atoms with Gasteiger partial charge in [0.2, 0.25) is 5.95 Å². The van der Waals surface area contributed by atoms with Gasteiger partial charge in [0.05, 0.1) is 47.4 Å². The van der Waals surface area contributed by atoms with Crippen molar-refractivity contribution in [2.75, 3.05) is 35.8 Å². The summed E-state index contributed by atoms with van der Waals surface area (Å²) >= 11 is 6.42. The van der Waals surface area contributed by atoms with Gasteiger partial charge in [0.15, 0.2) is 5.75 Å². The van der Waals surface area contributed by atoms with Gasteiger partial charge in [0.1, 0.15) is 18.1 Å². The first-order valence-corrected chi connectivity index (χ1v) is 10.7.